The molecule has 0 atom stereocenters. The molecule has 0 radical (unpaired) electrons. The Bertz CT molecular complexity index is 4420. The average molecular weight is 911 g/mol. The maximum atomic E-state index is 2.56. The molecular formula is C72H46. The summed E-state index contributed by atoms with van der Waals surface area (Å²) >= 11 is 0. The van der Waals surface area contributed by atoms with Crippen molar-refractivity contribution in [3.8, 4) is 66.8 Å². The molecule has 0 aromatic heterocycles. The Labute approximate surface area is 419 Å². The summed E-state index contributed by atoms with van der Waals surface area (Å²) < 4.78 is 0. The van der Waals surface area contributed by atoms with E-state index in [1.165, 1.54) is 154 Å². The zero-order valence-corrected chi connectivity index (χ0v) is 40.1. The van der Waals surface area contributed by atoms with Gasteiger partial charge in [-0.3, -0.25) is 0 Å². The molecule has 1 spiro atoms. The van der Waals surface area contributed by atoms with Crippen LogP contribution in [0, 0.1) is 0 Å². The first-order chi connectivity index (χ1) is 35.5. The van der Waals surface area contributed by atoms with Crippen LogP contribution in [0.1, 0.15) is 47.2 Å². The van der Waals surface area contributed by atoms with Gasteiger partial charge in [0, 0.05) is 5.41 Å². The molecule has 0 amide bonds. The van der Waals surface area contributed by atoms with Gasteiger partial charge in [0.05, 0.1) is 5.41 Å². The minimum atomic E-state index is -0.515. The van der Waals surface area contributed by atoms with E-state index in [1.54, 1.807) is 0 Å². The lowest BCUT2D eigenvalue weighted by molar-refractivity contribution is 0.660. The molecule has 0 bridgehead atoms. The highest BCUT2D eigenvalue weighted by molar-refractivity contribution is 6.24. The normalized spacial score (nSPS) is 14.2. The Kier molecular flexibility index (Phi) is 7.98. The van der Waals surface area contributed by atoms with Crippen molar-refractivity contribution in [3.05, 3.63) is 276 Å². The second-order valence-corrected chi connectivity index (χ2v) is 20.9. The van der Waals surface area contributed by atoms with Crippen molar-refractivity contribution in [2.24, 2.45) is 0 Å². The van der Waals surface area contributed by atoms with E-state index < -0.39 is 5.41 Å². The van der Waals surface area contributed by atoms with Crippen molar-refractivity contribution in [1.82, 2.24) is 0 Å². The van der Waals surface area contributed by atoms with Crippen molar-refractivity contribution >= 4 is 53.9 Å². The van der Waals surface area contributed by atoms with Crippen LogP contribution in [-0.2, 0) is 10.8 Å². The number of rotatable bonds is 3. The highest BCUT2D eigenvalue weighted by atomic mass is 14.5. The van der Waals surface area contributed by atoms with Crippen LogP contribution >= 0.6 is 0 Å². The van der Waals surface area contributed by atoms with Crippen molar-refractivity contribution in [3.63, 3.8) is 0 Å². The summed E-state index contributed by atoms with van der Waals surface area (Å²) in [5.74, 6) is 0. The first kappa shape index (κ1) is 39.9. The number of hydrogen-bond donors (Lipinski definition) is 0. The molecule has 0 saturated heterocycles. The molecular weight excluding hydrogens is 865 g/mol. The molecule has 0 unspecified atom stereocenters. The minimum absolute atomic E-state index is 0.0836. The Morgan fingerprint density at radius 2 is 0.597 bits per heavy atom. The van der Waals surface area contributed by atoms with Crippen LogP contribution in [0.5, 0.6) is 0 Å². The van der Waals surface area contributed by atoms with E-state index in [4.69, 9.17) is 0 Å². The maximum Gasteiger partial charge on any atom is 0.0737 e. The first-order valence-corrected chi connectivity index (χ1v) is 25.5. The maximum absolute atomic E-state index is 2.56. The van der Waals surface area contributed by atoms with Gasteiger partial charge in [-0.15, -0.1) is 0 Å². The summed E-state index contributed by atoms with van der Waals surface area (Å²) in [5.41, 5.74) is 23.3. The quantitative estimate of drug-likeness (QED) is 0.122. The lowest BCUT2D eigenvalue weighted by Crippen LogP contribution is -2.26. The highest BCUT2D eigenvalue weighted by Crippen LogP contribution is 2.67. The standard InChI is InChI=1S/C72H46/c1-71(2)62-32-16-13-22-49(62)52-40-39-45(41-65(52)71)67-56-28-9-7-26-54(56)66(55-27-8-10-29-57(55)67)44-37-35-43(36-38-44)60-42-61-68-53-25-6-3-19-46(53)47-20-4-12-31-59(47)70(68)72(69(61)58-30-11-5-21-48(58)60)63-33-17-14-23-50(63)51-24-15-18-34-64(51)72/h3-42H,1-2H3. The van der Waals surface area contributed by atoms with Gasteiger partial charge >= 0.3 is 0 Å². The van der Waals surface area contributed by atoms with Gasteiger partial charge in [0.2, 0.25) is 0 Å². The molecule has 0 N–H and O–H groups in total. The van der Waals surface area contributed by atoms with E-state index in [1.807, 2.05) is 0 Å². The Morgan fingerprint density at radius 3 is 1.17 bits per heavy atom. The third kappa shape index (κ3) is 5.01. The van der Waals surface area contributed by atoms with Crippen LogP contribution in [0.25, 0.3) is 121 Å². The fourth-order valence-electron chi connectivity index (χ4n) is 14.4. The van der Waals surface area contributed by atoms with Crippen molar-refractivity contribution in [1.29, 1.82) is 0 Å². The molecule has 3 aliphatic carbocycles. The van der Waals surface area contributed by atoms with Crippen LogP contribution in [0.4, 0.5) is 0 Å². The van der Waals surface area contributed by atoms with Crippen molar-refractivity contribution in [2.45, 2.75) is 24.7 Å². The van der Waals surface area contributed by atoms with E-state index in [-0.39, 0.29) is 5.41 Å². The lowest BCUT2D eigenvalue weighted by Gasteiger charge is -2.33. The van der Waals surface area contributed by atoms with E-state index in [2.05, 4.69) is 257 Å². The zero-order valence-electron chi connectivity index (χ0n) is 40.1. The Balaban J connectivity index is 0.925. The topological polar surface area (TPSA) is 0 Å². The highest BCUT2D eigenvalue weighted by Gasteiger charge is 2.54. The summed E-state index contributed by atoms with van der Waals surface area (Å²) in [4.78, 5) is 0. The molecule has 334 valence electrons. The summed E-state index contributed by atoms with van der Waals surface area (Å²) in [5, 5.41) is 12.9. The molecule has 72 heavy (non-hydrogen) atoms. The third-order valence-corrected chi connectivity index (χ3v) is 17.2. The Hall–Kier alpha value is -8.84. The molecule has 0 heteroatoms. The molecule has 16 rings (SSSR count). The van der Waals surface area contributed by atoms with Gasteiger partial charge in [-0.1, -0.05) is 244 Å². The molecule has 13 aromatic carbocycles. The van der Waals surface area contributed by atoms with E-state index >= 15 is 0 Å². The van der Waals surface area contributed by atoms with Gasteiger partial charge in [0.1, 0.15) is 0 Å². The van der Waals surface area contributed by atoms with Gasteiger partial charge < -0.3 is 0 Å². The second kappa shape index (κ2) is 14.4. The summed E-state index contributed by atoms with van der Waals surface area (Å²) in [6.07, 6.45) is 0. The van der Waals surface area contributed by atoms with Crippen LogP contribution in [-0.4, -0.2) is 0 Å². The monoisotopic (exact) mass is 910 g/mol. The second-order valence-electron chi connectivity index (χ2n) is 20.9. The molecule has 0 nitrogen and oxygen atoms in total. The Morgan fingerprint density at radius 1 is 0.222 bits per heavy atom. The largest absolute Gasteiger partial charge is 0.0737 e. The smallest absolute Gasteiger partial charge is 0.0619 e. The van der Waals surface area contributed by atoms with Gasteiger partial charge in [-0.25, -0.2) is 0 Å². The molecule has 3 aliphatic rings. The summed E-state index contributed by atoms with van der Waals surface area (Å²) in [6.45, 7) is 4.76. The van der Waals surface area contributed by atoms with Gasteiger partial charge in [0.25, 0.3) is 0 Å². The molecule has 0 saturated carbocycles. The fraction of sp³-hybridized carbons (Fsp3) is 0.0556. The molecule has 0 aliphatic heterocycles. The van der Waals surface area contributed by atoms with Gasteiger partial charge in [0.15, 0.2) is 0 Å². The van der Waals surface area contributed by atoms with E-state index in [0.717, 1.165) is 0 Å². The van der Waals surface area contributed by atoms with E-state index in [9.17, 15) is 0 Å². The van der Waals surface area contributed by atoms with E-state index in [0.29, 0.717) is 0 Å². The zero-order chi connectivity index (χ0) is 47.5. The number of hydrogen-bond acceptors (Lipinski definition) is 0. The van der Waals surface area contributed by atoms with Crippen molar-refractivity contribution in [2.75, 3.05) is 0 Å². The van der Waals surface area contributed by atoms with Crippen LogP contribution in [0.15, 0.2) is 243 Å². The van der Waals surface area contributed by atoms with Gasteiger partial charge in [-0.2, -0.15) is 0 Å². The van der Waals surface area contributed by atoms with Crippen molar-refractivity contribution < 1.29 is 0 Å². The number of benzene rings is 13. The first-order valence-electron chi connectivity index (χ1n) is 25.5. The predicted octanol–water partition coefficient (Wildman–Crippen LogP) is 19.1. The SMILES string of the molecule is CC1(C)c2ccccc2-c2ccc(-c3c4ccccc4c(-c4ccc(-c5cc6c(c7ccccc57)C5(c7ccccc7-c7ccccc75)c5c-6c6ccccc6c6ccccc56)cc4)c4ccccc34)cc21. The average Bonchev–Trinajstić information content (AvgIpc) is 4.01. The van der Waals surface area contributed by atoms with Crippen LogP contribution < -0.4 is 0 Å². The predicted molar refractivity (Wildman–Crippen MR) is 304 cm³/mol. The molecule has 13 aromatic rings. The minimum Gasteiger partial charge on any atom is -0.0619 e. The summed E-state index contributed by atoms with van der Waals surface area (Å²) in [7, 11) is 0. The van der Waals surface area contributed by atoms with Crippen LogP contribution in [0.2, 0.25) is 0 Å². The van der Waals surface area contributed by atoms with Crippen LogP contribution in [0.3, 0.4) is 0 Å². The molecule has 0 heterocycles. The summed E-state index contributed by atoms with van der Waals surface area (Å²) in [6, 6.07) is 92.3. The lowest BCUT2D eigenvalue weighted by atomic mass is 9.68. The fourth-order valence-corrected chi connectivity index (χ4v) is 14.4. The number of fused-ring (bicyclic) bond motifs is 22. The third-order valence-electron chi connectivity index (χ3n) is 17.2. The molecule has 0 fully saturated rings. The van der Waals surface area contributed by atoms with Gasteiger partial charge in [-0.05, 0) is 166 Å².